The number of hydrogen-bond donors (Lipinski definition) is 2. The number of alkyl halides is 3. The first-order valence-electron chi connectivity index (χ1n) is 6.49. The highest BCUT2D eigenvalue weighted by atomic mass is 19.4. The lowest BCUT2D eigenvalue weighted by molar-refractivity contribution is -0.141. The summed E-state index contributed by atoms with van der Waals surface area (Å²) >= 11 is 0. The van der Waals surface area contributed by atoms with Gasteiger partial charge in [-0.25, -0.2) is 4.98 Å². The summed E-state index contributed by atoms with van der Waals surface area (Å²) in [4.78, 5) is 26.5. The van der Waals surface area contributed by atoms with Crippen LogP contribution in [0, 0.1) is 0 Å². The molecule has 2 amide bonds. The number of nitrogens with one attached hydrogen (secondary N) is 2. The molecular formula is C14H13F3N4O2. The van der Waals surface area contributed by atoms with E-state index in [0.29, 0.717) is 0 Å². The Morgan fingerprint density at radius 1 is 1.22 bits per heavy atom. The van der Waals surface area contributed by atoms with Crippen LogP contribution in [0.2, 0.25) is 0 Å². The number of rotatable bonds is 3. The molecule has 2 rings (SSSR count). The van der Waals surface area contributed by atoms with Gasteiger partial charge in [-0.2, -0.15) is 13.2 Å². The first-order chi connectivity index (χ1) is 10.8. The fourth-order valence-corrected chi connectivity index (χ4v) is 1.75. The van der Waals surface area contributed by atoms with E-state index in [1.54, 1.807) is 23.0 Å². The molecule has 0 spiro atoms. The van der Waals surface area contributed by atoms with E-state index >= 15 is 0 Å². The third kappa shape index (κ3) is 4.56. The maximum Gasteiger partial charge on any atom is 0.433 e. The Labute approximate surface area is 129 Å². The van der Waals surface area contributed by atoms with Crippen LogP contribution in [-0.4, -0.2) is 21.4 Å². The minimum absolute atomic E-state index is 0.00198. The summed E-state index contributed by atoms with van der Waals surface area (Å²) in [5, 5.41) is 4.58. The van der Waals surface area contributed by atoms with Gasteiger partial charge in [0.15, 0.2) is 0 Å². The third-order valence-corrected chi connectivity index (χ3v) is 2.86. The number of aromatic nitrogens is 2. The monoisotopic (exact) mass is 326 g/mol. The number of amides is 2. The van der Waals surface area contributed by atoms with E-state index in [4.69, 9.17) is 0 Å². The van der Waals surface area contributed by atoms with Crippen molar-refractivity contribution in [2.45, 2.75) is 12.7 Å². The highest BCUT2D eigenvalue weighted by Crippen LogP contribution is 2.27. The van der Waals surface area contributed by atoms with Gasteiger partial charge in [-0.05, 0) is 23.8 Å². The molecule has 122 valence electrons. The van der Waals surface area contributed by atoms with Crippen LogP contribution in [-0.2, 0) is 29.4 Å². The van der Waals surface area contributed by atoms with Crippen molar-refractivity contribution >= 4 is 17.5 Å². The van der Waals surface area contributed by atoms with E-state index in [1.165, 1.54) is 0 Å². The Morgan fingerprint density at radius 3 is 2.48 bits per heavy atom. The first-order valence-corrected chi connectivity index (χ1v) is 6.49. The summed E-state index contributed by atoms with van der Waals surface area (Å²) in [6, 6.07) is 3.52. The summed E-state index contributed by atoms with van der Waals surface area (Å²) in [7, 11) is 1.82. The fourth-order valence-electron chi connectivity index (χ4n) is 1.75. The van der Waals surface area contributed by atoms with E-state index < -0.39 is 23.7 Å². The zero-order valence-corrected chi connectivity index (χ0v) is 12.0. The molecule has 0 atom stereocenters. The summed E-state index contributed by atoms with van der Waals surface area (Å²) < 4.78 is 38.9. The van der Waals surface area contributed by atoms with E-state index in [2.05, 4.69) is 15.6 Å². The predicted octanol–water partition coefficient (Wildman–Crippen LogP) is 1.69. The zero-order chi connectivity index (χ0) is 17.0. The van der Waals surface area contributed by atoms with Gasteiger partial charge in [-0.1, -0.05) is 0 Å². The number of halogens is 3. The normalized spacial score (nSPS) is 11.1. The van der Waals surface area contributed by atoms with Crippen molar-refractivity contribution in [2.75, 3.05) is 5.32 Å². The standard InChI is InChI=1S/C14H13F3N4O2/c1-21-5-4-9(8-21)6-19-12(22)13(23)20-10-2-3-11(18-7-10)14(15,16)17/h2-5,7-8H,6H2,1H3,(H,19,22)(H,20,23). The molecule has 0 saturated heterocycles. The van der Waals surface area contributed by atoms with E-state index in [-0.39, 0.29) is 12.2 Å². The molecule has 0 bridgehead atoms. The van der Waals surface area contributed by atoms with Gasteiger partial charge >= 0.3 is 18.0 Å². The van der Waals surface area contributed by atoms with E-state index in [0.717, 1.165) is 23.9 Å². The Balaban J connectivity index is 1.89. The molecule has 2 aromatic rings. The average Bonchev–Trinajstić information content (AvgIpc) is 2.90. The second-order valence-corrected chi connectivity index (χ2v) is 4.75. The van der Waals surface area contributed by atoms with E-state index in [1.807, 2.05) is 7.05 Å². The Morgan fingerprint density at radius 2 is 1.96 bits per heavy atom. The summed E-state index contributed by atoms with van der Waals surface area (Å²) in [5.74, 6) is -1.88. The Kier molecular flexibility index (Phi) is 4.68. The summed E-state index contributed by atoms with van der Waals surface area (Å²) in [6.07, 6.45) is -0.159. The van der Waals surface area contributed by atoms with Gasteiger partial charge in [0.05, 0.1) is 11.9 Å². The molecule has 0 aromatic carbocycles. The SMILES string of the molecule is Cn1ccc(CNC(=O)C(=O)Nc2ccc(C(F)(F)F)nc2)c1. The van der Waals surface area contributed by atoms with Crippen LogP contribution in [0.15, 0.2) is 36.8 Å². The molecule has 0 radical (unpaired) electrons. The van der Waals surface area contributed by atoms with Crippen LogP contribution in [0.3, 0.4) is 0 Å². The number of anilines is 1. The lowest BCUT2D eigenvalue weighted by atomic mass is 10.3. The number of aryl methyl sites for hydroxylation is 1. The van der Waals surface area contributed by atoms with Gasteiger partial charge in [-0.3, -0.25) is 9.59 Å². The maximum atomic E-state index is 12.4. The summed E-state index contributed by atoms with van der Waals surface area (Å²) in [5.41, 5.74) is -0.272. The third-order valence-electron chi connectivity index (χ3n) is 2.86. The Bertz CT molecular complexity index is 708. The number of hydrogen-bond acceptors (Lipinski definition) is 3. The molecule has 6 nitrogen and oxygen atoms in total. The lowest BCUT2D eigenvalue weighted by Crippen LogP contribution is -2.34. The van der Waals surface area contributed by atoms with Crippen LogP contribution in [0.5, 0.6) is 0 Å². The number of pyridine rings is 1. The molecule has 2 N–H and O–H groups in total. The van der Waals surface area contributed by atoms with Gasteiger partial charge in [0.1, 0.15) is 5.69 Å². The van der Waals surface area contributed by atoms with Crippen molar-refractivity contribution in [1.29, 1.82) is 0 Å². The smallest absolute Gasteiger partial charge is 0.357 e. The second kappa shape index (κ2) is 6.51. The largest absolute Gasteiger partial charge is 0.433 e. The highest BCUT2D eigenvalue weighted by Gasteiger charge is 2.32. The molecule has 0 saturated carbocycles. The molecule has 0 unspecified atom stereocenters. The number of nitrogens with zero attached hydrogens (tertiary/aromatic N) is 2. The predicted molar refractivity (Wildman–Crippen MR) is 75.1 cm³/mol. The van der Waals surface area contributed by atoms with Crippen molar-refractivity contribution in [3.8, 4) is 0 Å². The summed E-state index contributed by atoms with van der Waals surface area (Å²) in [6.45, 7) is 0.165. The molecular weight excluding hydrogens is 313 g/mol. The highest BCUT2D eigenvalue weighted by molar-refractivity contribution is 6.39. The first kappa shape index (κ1) is 16.5. The van der Waals surface area contributed by atoms with Crippen LogP contribution < -0.4 is 10.6 Å². The molecule has 2 heterocycles. The minimum atomic E-state index is -4.56. The minimum Gasteiger partial charge on any atom is -0.357 e. The molecule has 23 heavy (non-hydrogen) atoms. The molecule has 0 aliphatic heterocycles. The van der Waals surface area contributed by atoms with Gasteiger partial charge in [0.2, 0.25) is 0 Å². The van der Waals surface area contributed by atoms with Crippen LogP contribution >= 0.6 is 0 Å². The number of carbonyl (C=O) groups is 2. The van der Waals surface area contributed by atoms with Crippen molar-refractivity contribution in [2.24, 2.45) is 7.05 Å². The average molecular weight is 326 g/mol. The Hall–Kier alpha value is -2.84. The lowest BCUT2D eigenvalue weighted by Gasteiger charge is -2.08. The van der Waals surface area contributed by atoms with Crippen molar-refractivity contribution in [3.05, 3.63) is 48.0 Å². The van der Waals surface area contributed by atoms with Crippen LogP contribution in [0.4, 0.5) is 18.9 Å². The van der Waals surface area contributed by atoms with Crippen molar-refractivity contribution in [3.63, 3.8) is 0 Å². The molecule has 9 heteroatoms. The van der Waals surface area contributed by atoms with Crippen LogP contribution in [0.1, 0.15) is 11.3 Å². The maximum absolute atomic E-state index is 12.4. The topological polar surface area (TPSA) is 76.0 Å². The van der Waals surface area contributed by atoms with Crippen molar-refractivity contribution < 1.29 is 22.8 Å². The fraction of sp³-hybridized carbons (Fsp3) is 0.214. The van der Waals surface area contributed by atoms with Crippen LogP contribution in [0.25, 0.3) is 0 Å². The van der Waals surface area contributed by atoms with Gasteiger partial charge in [0, 0.05) is 26.0 Å². The quantitative estimate of drug-likeness (QED) is 0.843. The molecule has 0 aliphatic rings. The molecule has 2 aromatic heterocycles. The van der Waals surface area contributed by atoms with Gasteiger partial charge in [-0.15, -0.1) is 0 Å². The van der Waals surface area contributed by atoms with Crippen molar-refractivity contribution in [1.82, 2.24) is 14.9 Å². The van der Waals surface area contributed by atoms with E-state index in [9.17, 15) is 22.8 Å². The van der Waals surface area contributed by atoms with Gasteiger partial charge in [0.25, 0.3) is 0 Å². The van der Waals surface area contributed by atoms with Gasteiger partial charge < -0.3 is 15.2 Å². The molecule has 0 aliphatic carbocycles. The number of carbonyl (C=O) groups excluding carboxylic acids is 2. The second-order valence-electron chi connectivity index (χ2n) is 4.75. The molecule has 0 fully saturated rings. The zero-order valence-electron chi connectivity index (χ0n) is 12.0.